The normalized spacial score (nSPS) is 14.0. The number of nitrogens with two attached hydrogens (primary N) is 1. The van der Waals surface area contributed by atoms with Gasteiger partial charge in [0.1, 0.15) is 6.04 Å². The van der Waals surface area contributed by atoms with Crippen LogP contribution in [0.2, 0.25) is 5.02 Å². The Labute approximate surface area is 109 Å². The number of alkyl halides is 6. The van der Waals surface area contributed by atoms with E-state index in [1.165, 1.54) is 0 Å². The van der Waals surface area contributed by atoms with Gasteiger partial charge in [0.15, 0.2) is 0 Å². The Bertz CT molecular complexity index is 414. The molecule has 18 heavy (non-hydrogen) atoms. The Balaban J connectivity index is 0.00000289. The number of hydrogen-bond donors (Lipinski definition) is 1. The van der Waals surface area contributed by atoms with Crippen LogP contribution in [0.4, 0.5) is 26.3 Å². The molecular formula is C9H7Cl2F6N. The SMILES string of the molecule is Cl.N[C@H](c1cc(Cl)cc(C(F)(F)F)c1)C(F)(F)F. The molecule has 1 aromatic carbocycles. The van der Waals surface area contributed by atoms with Crippen LogP contribution in [0.3, 0.4) is 0 Å². The van der Waals surface area contributed by atoms with Gasteiger partial charge in [-0.05, 0) is 23.8 Å². The van der Waals surface area contributed by atoms with Crippen molar-refractivity contribution in [2.24, 2.45) is 5.73 Å². The number of benzene rings is 1. The Morgan fingerprint density at radius 2 is 1.50 bits per heavy atom. The van der Waals surface area contributed by atoms with E-state index in [-0.39, 0.29) is 12.4 Å². The van der Waals surface area contributed by atoms with E-state index in [9.17, 15) is 26.3 Å². The third-order valence-corrected chi connectivity index (χ3v) is 2.18. The van der Waals surface area contributed by atoms with Gasteiger partial charge in [0.05, 0.1) is 5.56 Å². The second kappa shape index (κ2) is 5.54. The minimum absolute atomic E-state index is 0. The molecule has 0 amide bonds. The highest BCUT2D eigenvalue weighted by Gasteiger charge is 2.39. The van der Waals surface area contributed by atoms with Gasteiger partial charge in [0, 0.05) is 5.02 Å². The van der Waals surface area contributed by atoms with E-state index in [2.05, 4.69) is 0 Å². The molecule has 0 saturated heterocycles. The monoisotopic (exact) mass is 313 g/mol. The Kier molecular flexibility index (Phi) is 5.34. The maximum Gasteiger partial charge on any atom is 0.416 e. The lowest BCUT2D eigenvalue weighted by molar-refractivity contribution is -0.150. The smallest absolute Gasteiger partial charge is 0.316 e. The van der Waals surface area contributed by atoms with Crippen molar-refractivity contribution in [3.8, 4) is 0 Å². The molecule has 0 bridgehead atoms. The molecule has 0 spiro atoms. The van der Waals surface area contributed by atoms with Gasteiger partial charge >= 0.3 is 12.4 Å². The summed E-state index contributed by atoms with van der Waals surface area (Å²) in [4.78, 5) is 0. The Morgan fingerprint density at radius 3 is 1.89 bits per heavy atom. The van der Waals surface area contributed by atoms with Crippen molar-refractivity contribution in [1.29, 1.82) is 0 Å². The Morgan fingerprint density at radius 1 is 1.00 bits per heavy atom. The topological polar surface area (TPSA) is 26.0 Å². The molecule has 0 aliphatic carbocycles. The van der Waals surface area contributed by atoms with Gasteiger partial charge in [-0.25, -0.2) is 0 Å². The molecule has 0 aromatic heterocycles. The molecular weight excluding hydrogens is 307 g/mol. The van der Waals surface area contributed by atoms with Crippen molar-refractivity contribution >= 4 is 24.0 Å². The predicted octanol–water partition coefficient (Wildman–Crippen LogP) is 4.34. The zero-order valence-corrected chi connectivity index (χ0v) is 10.0. The first-order chi connectivity index (χ1) is 7.51. The quantitative estimate of drug-likeness (QED) is 0.767. The molecule has 1 atom stereocenters. The molecule has 0 fully saturated rings. The summed E-state index contributed by atoms with van der Waals surface area (Å²) in [6.45, 7) is 0. The maximum atomic E-state index is 12.3. The highest BCUT2D eigenvalue weighted by atomic mass is 35.5. The molecule has 0 unspecified atom stereocenters. The van der Waals surface area contributed by atoms with Gasteiger partial charge in [-0.15, -0.1) is 12.4 Å². The second-order valence-electron chi connectivity index (χ2n) is 3.29. The van der Waals surface area contributed by atoms with Gasteiger partial charge in [0.25, 0.3) is 0 Å². The molecule has 1 rings (SSSR count). The molecule has 1 nitrogen and oxygen atoms in total. The van der Waals surface area contributed by atoms with Crippen LogP contribution in [0.5, 0.6) is 0 Å². The first-order valence-electron chi connectivity index (χ1n) is 4.22. The van der Waals surface area contributed by atoms with Crippen molar-refractivity contribution < 1.29 is 26.3 Å². The molecule has 0 saturated carbocycles. The lowest BCUT2D eigenvalue weighted by Crippen LogP contribution is -2.28. The summed E-state index contributed by atoms with van der Waals surface area (Å²) in [6, 6.07) is -0.866. The summed E-state index contributed by atoms with van der Waals surface area (Å²) < 4.78 is 73.7. The van der Waals surface area contributed by atoms with Crippen molar-refractivity contribution in [2.75, 3.05) is 0 Å². The summed E-state index contributed by atoms with van der Waals surface area (Å²) in [6.07, 6.45) is -9.60. The molecule has 0 heterocycles. The lowest BCUT2D eigenvalue weighted by Gasteiger charge is -2.17. The van der Waals surface area contributed by atoms with Crippen molar-refractivity contribution in [3.05, 3.63) is 34.3 Å². The minimum atomic E-state index is -4.83. The molecule has 9 heteroatoms. The van der Waals surface area contributed by atoms with Gasteiger partial charge in [-0.3, -0.25) is 0 Å². The van der Waals surface area contributed by atoms with E-state index in [1.54, 1.807) is 0 Å². The summed E-state index contributed by atoms with van der Waals surface area (Å²) in [5, 5.41) is -0.450. The van der Waals surface area contributed by atoms with Crippen LogP contribution in [0.25, 0.3) is 0 Å². The molecule has 104 valence electrons. The summed E-state index contributed by atoms with van der Waals surface area (Å²) >= 11 is 5.33. The van der Waals surface area contributed by atoms with E-state index in [1.807, 2.05) is 0 Å². The third kappa shape index (κ3) is 4.22. The van der Waals surface area contributed by atoms with Crippen LogP contribution in [0.15, 0.2) is 18.2 Å². The molecule has 1 aromatic rings. The van der Waals surface area contributed by atoms with Crippen LogP contribution in [-0.4, -0.2) is 6.18 Å². The standard InChI is InChI=1S/C9H6ClF6N.ClH/c10-6-2-4(7(17)9(14,15)16)1-5(3-6)8(11,12)13;/h1-3,7H,17H2;1H/t7-;/m1./s1. The second-order valence-corrected chi connectivity index (χ2v) is 3.73. The van der Waals surface area contributed by atoms with E-state index in [4.69, 9.17) is 17.3 Å². The van der Waals surface area contributed by atoms with Crippen LogP contribution < -0.4 is 5.73 Å². The highest BCUT2D eigenvalue weighted by Crippen LogP contribution is 2.36. The summed E-state index contributed by atoms with van der Waals surface area (Å²) in [5.41, 5.74) is 2.81. The third-order valence-electron chi connectivity index (χ3n) is 1.96. The van der Waals surface area contributed by atoms with Crippen molar-refractivity contribution in [1.82, 2.24) is 0 Å². The van der Waals surface area contributed by atoms with Gasteiger partial charge in [-0.1, -0.05) is 11.6 Å². The Hall–Kier alpha value is -0.660. The molecule has 2 N–H and O–H groups in total. The van der Waals surface area contributed by atoms with Crippen LogP contribution in [-0.2, 0) is 6.18 Å². The average molecular weight is 314 g/mol. The van der Waals surface area contributed by atoms with Gasteiger partial charge in [0.2, 0.25) is 0 Å². The molecule has 0 aliphatic rings. The minimum Gasteiger partial charge on any atom is -0.316 e. The fraction of sp³-hybridized carbons (Fsp3) is 0.333. The number of rotatable bonds is 1. The maximum absolute atomic E-state index is 12.3. The summed E-state index contributed by atoms with van der Waals surface area (Å²) in [7, 11) is 0. The highest BCUT2D eigenvalue weighted by molar-refractivity contribution is 6.30. The van der Waals surface area contributed by atoms with E-state index >= 15 is 0 Å². The fourth-order valence-corrected chi connectivity index (χ4v) is 1.39. The van der Waals surface area contributed by atoms with Gasteiger partial charge in [-0.2, -0.15) is 26.3 Å². The first-order valence-corrected chi connectivity index (χ1v) is 4.59. The largest absolute Gasteiger partial charge is 0.416 e. The predicted molar refractivity (Wildman–Crippen MR) is 56.7 cm³/mol. The number of hydrogen-bond acceptors (Lipinski definition) is 1. The average Bonchev–Trinajstić information content (AvgIpc) is 2.12. The zero-order chi connectivity index (χ0) is 13.4. The van der Waals surface area contributed by atoms with E-state index in [0.29, 0.717) is 12.1 Å². The zero-order valence-electron chi connectivity index (χ0n) is 8.44. The van der Waals surface area contributed by atoms with Crippen molar-refractivity contribution in [2.45, 2.75) is 18.4 Å². The summed E-state index contributed by atoms with van der Waals surface area (Å²) in [5.74, 6) is 0. The van der Waals surface area contributed by atoms with E-state index < -0.39 is 34.5 Å². The van der Waals surface area contributed by atoms with Gasteiger partial charge < -0.3 is 5.73 Å². The molecule has 0 radical (unpaired) electrons. The van der Waals surface area contributed by atoms with E-state index in [0.717, 1.165) is 6.07 Å². The lowest BCUT2D eigenvalue weighted by atomic mass is 10.0. The number of halogens is 8. The van der Waals surface area contributed by atoms with Crippen molar-refractivity contribution in [3.63, 3.8) is 0 Å². The van der Waals surface area contributed by atoms with Crippen LogP contribution in [0, 0.1) is 0 Å². The fourth-order valence-electron chi connectivity index (χ4n) is 1.14. The molecule has 0 aliphatic heterocycles. The van der Waals surface area contributed by atoms with Crippen LogP contribution in [0.1, 0.15) is 17.2 Å². The van der Waals surface area contributed by atoms with Crippen LogP contribution >= 0.6 is 24.0 Å². The first kappa shape index (κ1) is 17.3.